The van der Waals surface area contributed by atoms with Crippen molar-refractivity contribution in [2.24, 2.45) is 4.99 Å². The summed E-state index contributed by atoms with van der Waals surface area (Å²) in [5.41, 5.74) is 1.34. The highest BCUT2D eigenvalue weighted by Crippen LogP contribution is 2.28. The maximum atomic E-state index is 11.2. The van der Waals surface area contributed by atoms with Crippen LogP contribution in [0.4, 0.5) is 4.79 Å². The Hall–Kier alpha value is -1.56. The summed E-state index contributed by atoms with van der Waals surface area (Å²) in [6, 6.07) is 2.40. The van der Waals surface area contributed by atoms with E-state index in [1.54, 1.807) is 0 Å². The summed E-state index contributed by atoms with van der Waals surface area (Å²) in [4.78, 5) is 16.9. The molecule has 1 aromatic rings. The number of methoxy groups -OCH3 is 1. The fraction of sp³-hybridized carbons (Fsp3) is 0.571. The molecule has 0 aromatic carbocycles. The van der Waals surface area contributed by atoms with Crippen LogP contribution in [0.5, 0.6) is 0 Å². The number of nitrogens with zero attached hydrogens (tertiary/aromatic N) is 1. The molecule has 0 radical (unpaired) electrons. The Morgan fingerprint density at radius 2 is 2.50 bits per heavy atom. The molecule has 1 aromatic heterocycles. The van der Waals surface area contributed by atoms with Crippen LogP contribution < -0.4 is 10.6 Å². The summed E-state index contributed by atoms with van der Waals surface area (Å²) < 4.78 is 4.59. The van der Waals surface area contributed by atoms with Crippen LogP contribution >= 0.6 is 11.3 Å². The van der Waals surface area contributed by atoms with E-state index < -0.39 is 6.09 Å². The van der Waals surface area contributed by atoms with Crippen molar-refractivity contribution in [1.29, 1.82) is 0 Å². The minimum absolute atomic E-state index is 0.220. The van der Waals surface area contributed by atoms with Crippen LogP contribution in [-0.4, -0.2) is 25.7 Å². The van der Waals surface area contributed by atoms with Crippen LogP contribution in [-0.2, 0) is 11.2 Å². The van der Waals surface area contributed by atoms with Gasteiger partial charge in [-0.25, -0.2) is 4.79 Å². The highest BCUT2D eigenvalue weighted by atomic mass is 32.1. The SMILES string of the molecule is CCCCc1sccc1C1CCN=C(NC(=O)OC)N1. The van der Waals surface area contributed by atoms with E-state index in [0.717, 1.165) is 12.8 Å². The Kier molecular flexibility index (Phi) is 5.40. The lowest BCUT2D eigenvalue weighted by Gasteiger charge is -2.25. The highest BCUT2D eigenvalue weighted by molar-refractivity contribution is 7.10. The maximum Gasteiger partial charge on any atom is 0.413 e. The molecule has 20 heavy (non-hydrogen) atoms. The van der Waals surface area contributed by atoms with Crippen molar-refractivity contribution < 1.29 is 9.53 Å². The third kappa shape index (κ3) is 3.72. The van der Waals surface area contributed by atoms with E-state index >= 15 is 0 Å². The molecule has 1 aliphatic rings. The predicted octanol–water partition coefficient (Wildman–Crippen LogP) is 2.84. The molecule has 0 bridgehead atoms. The number of aryl methyl sites for hydroxylation is 1. The van der Waals surface area contributed by atoms with Gasteiger partial charge in [0.1, 0.15) is 0 Å². The second-order valence-electron chi connectivity index (χ2n) is 4.74. The number of guanidine groups is 1. The van der Waals surface area contributed by atoms with Crippen LogP contribution in [0.3, 0.4) is 0 Å². The van der Waals surface area contributed by atoms with Crippen molar-refractivity contribution in [3.8, 4) is 0 Å². The summed E-state index contributed by atoms with van der Waals surface area (Å²) in [5.74, 6) is 0.501. The molecule has 0 saturated heterocycles. The summed E-state index contributed by atoms with van der Waals surface area (Å²) >= 11 is 1.81. The summed E-state index contributed by atoms with van der Waals surface area (Å²) in [5, 5.41) is 8.03. The Bertz CT molecular complexity index is 485. The van der Waals surface area contributed by atoms with Crippen LogP contribution in [0.25, 0.3) is 0 Å². The fourth-order valence-corrected chi connectivity index (χ4v) is 3.23. The van der Waals surface area contributed by atoms with E-state index in [2.05, 4.69) is 38.7 Å². The molecule has 1 unspecified atom stereocenters. The standard InChI is InChI=1S/C14H21N3O2S/c1-3-4-5-12-10(7-9-20-12)11-6-8-15-13(16-11)17-14(18)19-2/h7,9,11H,3-6,8H2,1-2H3,(H2,15,16,17,18). The van der Waals surface area contributed by atoms with Crippen molar-refractivity contribution in [1.82, 2.24) is 10.6 Å². The van der Waals surface area contributed by atoms with Gasteiger partial charge in [-0.05, 0) is 36.3 Å². The maximum absolute atomic E-state index is 11.2. The Balaban J connectivity index is 2.02. The molecule has 2 rings (SSSR count). The lowest BCUT2D eigenvalue weighted by Crippen LogP contribution is -2.45. The normalized spacial score (nSPS) is 18.1. The van der Waals surface area contributed by atoms with Gasteiger partial charge < -0.3 is 10.1 Å². The monoisotopic (exact) mass is 295 g/mol. The number of carbonyl (C=O) groups is 1. The van der Waals surface area contributed by atoms with E-state index in [-0.39, 0.29) is 6.04 Å². The van der Waals surface area contributed by atoms with Crippen molar-refractivity contribution in [2.45, 2.75) is 38.6 Å². The number of hydrogen-bond acceptors (Lipinski definition) is 5. The number of rotatable bonds is 4. The second kappa shape index (κ2) is 7.28. The highest BCUT2D eigenvalue weighted by Gasteiger charge is 2.21. The van der Waals surface area contributed by atoms with Gasteiger partial charge in [0.25, 0.3) is 0 Å². The quantitative estimate of drug-likeness (QED) is 0.898. The molecule has 0 aliphatic carbocycles. The fourth-order valence-electron chi connectivity index (χ4n) is 2.25. The van der Waals surface area contributed by atoms with Gasteiger partial charge >= 0.3 is 6.09 Å². The molecular formula is C14H21N3O2S. The number of nitrogens with one attached hydrogen (secondary N) is 2. The zero-order valence-corrected chi connectivity index (χ0v) is 12.8. The van der Waals surface area contributed by atoms with Crippen LogP contribution in [0.2, 0.25) is 0 Å². The third-order valence-electron chi connectivity index (χ3n) is 3.32. The van der Waals surface area contributed by atoms with E-state index in [4.69, 9.17) is 0 Å². The van der Waals surface area contributed by atoms with Gasteiger partial charge in [0.15, 0.2) is 0 Å². The lowest BCUT2D eigenvalue weighted by molar-refractivity contribution is 0.176. The molecule has 1 atom stereocenters. The summed E-state index contributed by atoms with van der Waals surface area (Å²) in [6.45, 7) is 2.91. The first kappa shape index (κ1) is 14.8. The minimum atomic E-state index is -0.492. The number of aliphatic imine (C=N–C) groups is 1. The first-order chi connectivity index (χ1) is 9.74. The van der Waals surface area contributed by atoms with Crippen LogP contribution in [0.1, 0.15) is 42.7 Å². The smallest absolute Gasteiger partial charge is 0.413 e. The molecule has 0 fully saturated rings. The molecular weight excluding hydrogens is 274 g/mol. The topological polar surface area (TPSA) is 62.7 Å². The molecule has 110 valence electrons. The van der Waals surface area contributed by atoms with E-state index in [9.17, 15) is 4.79 Å². The number of hydrogen-bond donors (Lipinski definition) is 2. The van der Waals surface area contributed by atoms with Gasteiger partial charge in [0, 0.05) is 11.4 Å². The Morgan fingerprint density at radius 1 is 1.65 bits per heavy atom. The second-order valence-corrected chi connectivity index (χ2v) is 5.74. The van der Waals surface area contributed by atoms with E-state index in [0.29, 0.717) is 12.5 Å². The van der Waals surface area contributed by atoms with Gasteiger partial charge in [-0.2, -0.15) is 0 Å². The predicted molar refractivity (Wildman–Crippen MR) is 81.3 cm³/mol. The van der Waals surface area contributed by atoms with Gasteiger partial charge in [0.05, 0.1) is 13.2 Å². The van der Waals surface area contributed by atoms with Crippen LogP contribution in [0.15, 0.2) is 16.4 Å². The number of carbonyl (C=O) groups excluding carboxylic acids is 1. The van der Waals surface area contributed by atoms with Crippen LogP contribution in [0, 0.1) is 0 Å². The Labute approximate surface area is 123 Å². The largest absolute Gasteiger partial charge is 0.453 e. The molecule has 0 spiro atoms. The van der Waals surface area contributed by atoms with Crippen molar-refractivity contribution in [3.05, 3.63) is 21.9 Å². The number of alkyl carbamates (subject to hydrolysis) is 1. The zero-order valence-electron chi connectivity index (χ0n) is 11.9. The zero-order chi connectivity index (χ0) is 14.4. The molecule has 6 heteroatoms. The van der Waals surface area contributed by atoms with Crippen molar-refractivity contribution in [3.63, 3.8) is 0 Å². The number of unbranched alkanes of at least 4 members (excludes halogenated alkanes) is 1. The number of thiophene rings is 1. The number of amides is 1. The average molecular weight is 295 g/mol. The van der Waals surface area contributed by atoms with E-state index in [1.807, 2.05) is 11.3 Å². The molecule has 0 saturated carbocycles. The molecule has 1 aliphatic heterocycles. The van der Waals surface area contributed by atoms with Gasteiger partial charge in [-0.15, -0.1) is 11.3 Å². The van der Waals surface area contributed by atoms with E-state index in [1.165, 1.54) is 30.4 Å². The number of ether oxygens (including phenoxy) is 1. The summed E-state index contributed by atoms with van der Waals surface area (Å²) in [6.07, 6.45) is 3.99. The average Bonchev–Trinajstić information content (AvgIpc) is 2.93. The third-order valence-corrected chi connectivity index (χ3v) is 4.31. The lowest BCUT2D eigenvalue weighted by atomic mass is 10.0. The molecule has 1 amide bonds. The summed E-state index contributed by atoms with van der Waals surface area (Å²) in [7, 11) is 1.35. The van der Waals surface area contributed by atoms with Gasteiger partial charge in [0.2, 0.25) is 5.96 Å². The first-order valence-electron chi connectivity index (χ1n) is 6.96. The van der Waals surface area contributed by atoms with Crippen molar-refractivity contribution in [2.75, 3.05) is 13.7 Å². The minimum Gasteiger partial charge on any atom is -0.453 e. The molecule has 2 heterocycles. The molecule has 5 nitrogen and oxygen atoms in total. The van der Waals surface area contributed by atoms with Gasteiger partial charge in [-0.3, -0.25) is 10.3 Å². The molecule has 2 N–H and O–H groups in total. The van der Waals surface area contributed by atoms with Gasteiger partial charge in [-0.1, -0.05) is 13.3 Å². The first-order valence-corrected chi connectivity index (χ1v) is 7.84. The Morgan fingerprint density at radius 3 is 3.25 bits per heavy atom. The van der Waals surface area contributed by atoms with Crippen molar-refractivity contribution >= 4 is 23.4 Å².